The number of esters is 1. The van der Waals surface area contributed by atoms with E-state index in [1.54, 1.807) is 28.5 Å². The second-order valence-corrected chi connectivity index (χ2v) is 7.70. The van der Waals surface area contributed by atoms with Gasteiger partial charge >= 0.3 is 12.0 Å². The summed E-state index contributed by atoms with van der Waals surface area (Å²) in [4.78, 5) is 44.5. The van der Waals surface area contributed by atoms with Crippen LogP contribution in [0.1, 0.15) is 44.6 Å². The summed E-state index contributed by atoms with van der Waals surface area (Å²) in [5, 5.41) is 3.18. The molecule has 1 aromatic heterocycles. The van der Waals surface area contributed by atoms with Crippen LogP contribution >= 0.6 is 0 Å². The fraction of sp³-hybridized carbons (Fsp3) is 0.360. The maximum absolute atomic E-state index is 13.2. The van der Waals surface area contributed by atoms with Crippen LogP contribution in [0.15, 0.2) is 59.4 Å². The van der Waals surface area contributed by atoms with Crippen molar-refractivity contribution in [2.24, 2.45) is 0 Å². The summed E-state index contributed by atoms with van der Waals surface area (Å²) in [5.74, 6) is -0.00680. The Labute approximate surface area is 193 Å². The molecule has 0 saturated carbocycles. The number of nitrogens with one attached hydrogen (secondary N) is 1. The number of rotatable bonds is 9. The fourth-order valence-electron chi connectivity index (χ4n) is 3.71. The topological polar surface area (TPSA) is 93.5 Å². The quantitative estimate of drug-likeness (QED) is 0.503. The van der Waals surface area contributed by atoms with E-state index < -0.39 is 18.0 Å². The molecule has 1 N–H and O–H groups in total. The van der Waals surface area contributed by atoms with Crippen molar-refractivity contribution in [1.82, 2.24) is 19.8 Å². The third-order valence-corrected chi connectivity index (χ3v) is 5.33. The first-order valence-corrected chi connectivity index (χ1v) is 11.2. The monoisotopic (exact) mass is 450 g/mol. The van der Waals surface area contributed by atoms with Crippen LogP contribution in [0.2, 0.25) is 0 Å². The average Bonchev–Trinajstić information content (AvgIpc) is 2.83. The first-order chi connectivity index (χ1) is 16.0. The number of nitrogens with zero attached hydrogens (tertiary/aromatic N) is 3. The molecule has 0 saturated heterocycles. The molecule has 2 aromatic carbocycles. The van der Waals surface area contributed by atoms with Crippen LogP contribution in [-0.2, 0) is 22.6 Å². The van der Waals surface area contributed by atoms with Gasteiger partial charge in [-0.2, -0.15) is 0 Å². The molecule has 0 aliphatic rings. The Hall–Kier alpha value is -3.68. The third kappa shape index (κ3) is 5.77. The van der Waals surface area contributed by atoms with Gasteiger partial charge in [0.15, 0.2) is 0 Å². The van der Waals surface area contributed by atoms with Gasteiger partial charge in [-0.05, 0) is 38.0 Å². The van der Waals surface area contributed by atoms with Crippen molar-refractivity contribution in [1.29, 1.82) is 0 Å². The van der Waals surface area contributed by atoms with Crippen molar-refractivity contribution in [2.45, 2.75) is 46.3 Å². The van der Waals surface area contributed by atoms with Crippen LogP contribution in [0, 0.1) is 0 Å². The van der Waals surface area contributed by atoms with E-state index in [0.717, 1.165) is 12.0 Å². The fourth-order valence-corrected chi connectivity index (χ4v) is 3.71. The highest BCUT2D eigenvalue weighted by molar-refractivity contribution is 5.81. The number of amides is 2. The average molecular weight is 451 g/mol. The molecule has 0 spiro atoms. The summed E-state index contributed by atoms with van der Waals surface area (Å²) in [6.45, 7) is 6.31. The molecule has 3 rings (SSSR count). The minimum absolute atomic E-state index is 0.129. The lowest BCUT2D eigenvalue weighted by Gasteiger charge is -2.30. The van der Waals surface area contributed by atoms with Gasteiger partial charge in [-0.25, -0.2) is 9.78 Å². The molecule has 0 fully saturated rings. The van der Waals surface area contributed by atoms with Crippen LogP contribution in [0.5, 0.6) is 0 Å². The number of benzene rings is 2. The molecule has 3 aromatic rings. The number of hydrogen-bond donors (Lipinski definition) is 1. The molecule has 2 amide bonds. The molecular formula is C25H30N4O4. The molecule has 1 atom stereocenters. The second kappa shape index (κ2) is 11.3. The summed E-state index contributed by atoms with van der Waals surface area (Å²) < 4.78 is 6.56. The van der Waals surface area contributed by atoms with E-state index in [4.69, 9.17) is 9.72 Å². The summed E-state index contributed by atoms with van der Waals surface area (Å²) in [5.41, 5.74) is 1.38. The van der Waals surface area contributed by atoms with Gasteiger partial charge in [0.05, 0.1) is 23.6 Å². The number of carbonyl (C=O) groups excluding carboxylic acids is 2. The summed E-state index contributed by atoms with van der Waals surface area (Å²) in [6, 6.07) is 15.8. The number of ether oxygens (including phenoxy) is 1. The zero-order valence-electron chi connectivity index (χ0n) is 19.3. The van der Waals surface area contributed by atoms with Crippen LogP contribution in [0.3, 0.4) is 0 Å². The Morgan fingerprint density at radius 3 is 2.48 bits per heavy atom. The van der Waals surface area contributed by atoms with Gasteiger partial charge < -0.3 is 15.0 Å². The normalized spacial score (nSPS) is 11.7. The summed E-state index contributed by atoms with van der Waals surface area (Å²) in [7, 11) is 0. The van der Waals surface area contributed by atoms with Crippen molar-refractivity contribution in [3.8, 4) is 0 Å². The highest BCUT2D eigenvalue weighted by Crippen LogP contribution is 2.22. The SMILES string of the molecule is CCCn1c(C(C)N(Cc2ccccc2)C(=O)NCC(=O)OCC)nc2ccccc2c1=O. The van der Waals surface area contributed by atoms with E-state index in [1.165, 1.54) is 0 Å². The van der Waals surface area contributed by atoms with Crippen LogP contribution in [0.4, 0.5) is 4.79 Å². The van der Waals surface area contributed by atoms with Crippen molar-refractivity contribution < 1.29 is 14.3 Å². The zero-order valence-corrected chi connectivity index (χ0v) is 19.3. The molecule has 0 aliphatic heterocycles. The van der Waals surface area contributed by atoms with E-state index in [0.29, 0.717) is 23.3 Å². The molecule has 1 heterocycles. The first kappa shape index (κ1) is 24.0. The summed E-state index contributed by atoms with van der Waals surface area (Å²) in [6.07, 6.45) is 0.743. The Kier molecular flexibility index (Phi) is 8.18. The Morgan fingerprint density at radius 2 is 1.79 bits per heavy atom. The van der Waals surface area contributed by atoms with Crippen LogP contribution in [0.25, 0.3) is 10.9 Å². The van der Waals surface area contributed by atoms with Gasteiger partial charge in [0.25, 0.3) is 5.56 Å². The van der Waals surface area contributed by atoms with Gasteiger partial charge in [-0.15, -0.1) is 0 Å². The van der Waals surface area contributed by atoms with Gasteiger partial charge in [-0.1, -0.05) is 49.4 Å². The highest BCUT2D eigenvalue weighted by Gasteiger charge is 2.27. The van der Waals surface area contributed by atoms with E-state index in [9.17, 15) is 14.4 Å². The molecule has 1 unspecified atom stereocenters. The number of urea groups is 1. The molecule has 174 valence electrons. The Morgan fingerprint density at radius 1 is 1.09 bits per heavy atom. The number of aromatic nitrogens is 2. The molecule has 33 heavy (non-hydrogen) atoms. The largest absolute Gasteiger partial charge is 0.465 e. The first-order valence-electron chi connectivity index (χ1n) is 11.2. The maximum Gasteiger partial charge on any atom is 0.325 e. The van der Waals surface area contributed by atoms with Crippen LogP contribution in [-0.4, -0.2) is 39.6 Å². The minimum Gasteiger partial charge on any atom is -0.465 e. The number of carbonyl (C=O) groups is 2. The Bertz CT molecular complexity index is 1160. The predicted molar refractivity (Wildman–Crippen MR) is 127 cm³/mol. The number of hydrogen-bond acceptors (Lipinski definition) is 5. The molecule has 8 heteroatoms. The molecule has 0 bridgehead atoms. The van der Waals surface area contributed by atoms with E-state index in [-0.39, 0.29) is 25.3 Å². The predicted octanol–water partition coefficient (Wildman–Crippen LogP) is 3.64. The molecule has 0 aliphatic carbocycles. The van der Waals surface area contributed by atoms with Crippen molar-refractivity contribution >= 4 is 22.9 Å². The molecule has 0 radical (unpaired) electrons. The lowest BCUT2D eigenvalue weighted by atomic mass is 10.1. The van der Waals surface area contributed by atoms with E-state index in [2.05, 4.69) is 5.32 Å². The smallest absolute Gasteiger partial charge is 0.325 e. The van der Waals surface area contributed by atoms with Gasteiger partial charge in [-0.3, -0.25) is 14.2 Å². The molecule has 8 nitrogen and oxygen atoms in total. The van der Waals surface area contributed by atoms with Gasteiger partial charge in [0.2, 0.25) is 0 Å². The maximum atomic E-state index is 13.2. The molecular weight excluding hydrogens is 420 g/mol. The minimum atomic E-state index is -0.531. The van der Waals surface area contributed by atoms with Crippen molar-refractivity contribution in [3.05, 3.63) is 76.3 Å². The standard InChI is InChI=1S/C25H30N4O4/c1-4-15-28-23(27-21-14-10-9-13-20(21)24(28)31)18(3)29(17-19-11-7-6-8-12-19)25(32)26-16-22(30)33-5-2/h6-14,18H,4-5,15-17H2,1-3H3,(H,26,32). The number of para-hydroxylation sites is 1. The summed E-state index contributed by atoms with van der Waals surface area (Å²) >= 11 is 0. The van der Waals surface area contributed by atoms with Crippen LogP contribution < -0.4 is 10.9 Å². The van der Waals surface area contributed by atoms with Gasteiger partial charge in [0, 0.05) is 13.1 Å². The lowest BCUT2D eigenvalue weighted by molar-refractivity contribution is -0.141. The van der Waals surface area contributed by atoms with Crippen molar-refractivity contribution in [2.75, 3.05) is 13.2 Å². The lowest BCUT2D eigenvalue weighted by Crippen LogP contribution is -2.44. The number of fused-ring (bicyclic) bond motifs is 1. The van der Waals surface area contributed by atoms with Crippen molar-refractivity contribution in [3.63, 3.8) is 0 Å². The zero-order chi connectivity index (χ0) is 23.8. The van der Waals surface area contributed by atoms with E-state index >= 15 is 0 Å². The third-order valence-electron chi connectivity index (χ3n) is 5.33. The van der Waals surface area contributed by atoms with Gasteiger partial charge in [0.1, 0.15) is 12.4 Å². The highest BCUT2D eigenvalue weighted by atomic mass is 16.5. The second-order valence-electron chi connectivity index (χ2n) is 7.70. The van der Waals surface area contributed by atoms with E-state index in [1.807, 2.05) is 56.3 Å². The Balaban J connectivity index is 2.01.